The second-order valence-corrected chi connectivity index (χ2v) is 5.52. The van der Waals surface area contributed by atoms with Crippen molar-refractivity contribution in [2.24, 2.45) is 5.14 Å². The lowest BCUT2D eigenvalue weighted by Crippen LogP contribution is -2.21. The van der Waals surface area contributed by atoms with E-state index >= 15 is 0 Å². The number of carbonyl (C=O) groups excluding carboxylic acids is 1. The van der Waals surface area contributed by atoms with Crippen LogP contribution < -0.4 is 21.3 Å². The van der Waals surface area contributed by atoms with Crippen molar-refractivity contribution >= 4 is 27.6 Å². The molecule has 0 aliphatic carbocycles. The zero-order valence-electron chi connectivity index (χ0n) is 10.5. The number of hydrogen-bond acceptors (Lipinski definition) is 5. The summed E-state index contributed by atoms with van der Waals surface area (Å²) >= 11 is 0. The molecule has 0 saturated carbocycles. The highest BCUT2D eigenvalue weighted by Gasteiger charge is 2.08. The van der Waals surface area contributed by atoms with Gasteiger partial charge < -0.3 is 5.32 Å². The molecule has 2 rings (SSSR count). The van der Waals surface area contributed by atoms with E-state index in [0.29, 0.717) is 5.69 Å². The molecular formula is C11H11N5O4S. The SMILES string of the molecule is NS(=O)(=O)c1ccc(NC(=O)Nc2ccc(=O)[nH]n2)cc1. The van der Waals surface area contributed by atoms with E-state index in [-0.39, 0.29) is 16.3 Å². The van der Waals surface area contributed by atoms with Gasteiger partial charge in [0, 0.05) is 11.8 Å². The summed E-state index contributed by atoms with van der Waals surface area (Å²) in [6.07, 6.45) is 0. The van der Waals surface area contributed by atoms with Crippen molar-refractivity contribution in [1.82, 2.24) is 10.2 Å². The number of nitrogens with zero attached hydrogens (tertiary/aromatic N) is 1. The third kappa shape index (κ3) is 4.12. The molecule has 0 fully saturated rings. The summed E-state index contributed by atoms with van der Waals surface area (Å²) in [7, 11) is -3.77. The van der Waals surface area contributed by atoms with Gasteiger partial charge in [-0.2, -0.15) is 5.10 Å². The number of aromatic nitrogens is 2. The van der Waals surface area contributed by atoms with E-state index < -0.39 is 16.1 Å². The van der Waals surface area contributed by atoms with Crippen LogP contribution >= 0.6 is 0 Å². The molecule has 5 N–H and O–H groups in total. The first-order valence-corrected chi connectivity index (χ1v) is 7.16. The molecule has 2 aromatic rings. The number of primary sulfonamides is 1. The predicted molar refractivity (Wildman–Crippen MR) is 75.3 cm³/mol. The molecule has 1 aromatic heterocycles. The third-order valence-electron chi connectivity index (χ3n) is 2.36. The number of amides is 2. The molecule has 1 heterocycles. The van der Waals surface area contributed by atoms with Crippen LogP contribution in [-0.4, -0.2) is 24.6 Å². The first-order chi connectivity index (χ1) is 9.84. The normalized spacial score (nSPS) is 10.9. The van der Waals surface area contributed by atoms with Gasteiger partial charge in [-0.1, -0.05) is 0 Å². The van der Waals surface area contributed by atoms with Gasteiger partial charge in [0.05, 0.1) is 4.90 Å². The third-order valence-corrected chi connectivity index (χ3v) is 3.29. The Labute approximate surface area is 119 Å². The molecule has 21 heavy (non-hydrogen) atoms. The maximum absolute atomic E-state index is 11.7. The minimum absolute atomic E-state index is 0.0595. The molecular weight excluding hydrogens is 298 g/mol. The molecule has 1 aromatic carbocycles. The maximum atomic E-state index is 11.7. The van der Waals surface area contributed by atoms with Gasteiger partial charge in [-0.05, 0) is 30.3 Å². The fraction of sp³-hybridized carbons (Fsp3) is 0. The van der Waals surface area contributed by atoms with Crippen LogP contribution in [-0.2, 0) is 10.0 Å². The van der Waals surface area contributed by atoms with E-state index in [2.05, 4.69) is 20.8 Å². The summed E-state index contributed by atoms with van der Waals surface area (Å²) < 4.78 is 22.2. The van der Waals surface area contributed by atoms with Crippen LogP contribution in [0.2, 0.25) is 0 Å². The van der Waals surface area contributed by atoms with Crippen molar-refractivity contribution in [1.29, 1.82) is 0 Å². The number of aromatic amines is 1. The highest BCUT2D eigenvalue weighted by molar-refractivity contribution is 7.89. The highest BCUT2D eigenvalue weighted by Crippen LogP contribution is 2.12. The molecule has 110 valence electrons. The number of nitrogens with one attached hydrogen (secondary N) is 3. The van der Waals surface area contributed by atoms with Crippen molar-refractivity contribution in [3.05, 3.63) is 46.8 Å². The maximum Gasteiger partial charge on any atom is 0.324 e. The minimum Gasteiger partial charge on any atom is -0.308 e. The van der Waals surface area contributed by atoms with Gasteiger partial charge in [-0.3, -0.25) is 10.1 Å². The monoisotopic (exact) mass is 309 g/mol. The van der Waals surface area contributed by atoms with Crippen LogP contribution in [0.1, 0.15) is 0 Å². The Hall–Kier alpha value is -2.72. The Morgan fingerprint density at radius 1 is 1.10 bits per heavy atom. The molecule has 0 unspecified atom stereocenters. The summed E-state index contributed by atoms with van der Waals surface area (Å²) in [6, 6.07) is 7.26. The zero-order valence-corrected chi connectivity index (χ0v) is 11.3. The average molecular weight is 309 g/mol. The smallest absolute Gasteiger partial charge is 0.308 e. The van der Waals surface area contributed by atoms with Crippen molar-refractivity contribution in [2.75, 3.05) is 10.6 Å². The van der Waals surface area contributed by atoms with Crippen molar-refractivity contribution in [3.63, 3.8) is 0 Å². The number of rotatable bonds is 3. The average Bonchev–Trinajstić information content (AvgIpc) is 2.41. The second-order valence-electron chi connectivity index (χ2n) is 3.95. The van der Waals surface area contributed by atoms with Gasteiger partial charge in [-0.25, -0.2) is 23.4 Å². The standard InChI is InChI=1S/C11H11N5O4S/c12-21(19,20)8-3-1-7(2-4-8)13-11(18)14-9-5-6-10(17)16-15-9/h1-6H,(H,16,17)(H2,12,19,20)(H2,13,14,15,18). The molecule has 0 aliphatic heterocycles. The van der Waals surface area contributed by atoms with Crippen molar-refractivity contribution in [2.45, 2.75) is 4.90 Å². The van der Waals surface area contributed by atoms with Crippen molar-refractivity contribution in [3.8, 4) is 0 Å². The van der Waals surface area contributed by atoms with Crippen LogP contribution in [0.5, 0.6) is 0 Å². The lowest BCUT2D eigenvalue weighted by Gasteiger charge is -2.07. The second kappa shape index (κ2) is 5.73. The number of sulfonamides is 1. The van der Waals surface area contributed by atoms with E-state index in [1.54, 1.807) is 0 Å². The predicted octanol–water partition coefficient (Wildman–Crippen LogP) is 0.0613. The molecule has 0 bridgehead atoms. The summed E-state index contributed by atoms with van der Waals surface area (Å²) in [5.41, 5.74) is -0.0242. The minimum atomic E-state index is -3.77. The lowest BCUT2D eigenvalue weighted by atomic mass is 10.3. The van der Waals surface area contributed by atoms with Crippen LogP contribution in [0.25, 0.3) is 0 Å². The van der Waals surface area contributed by atoms with E-state index in [1.165, 1.54) is 36.4 Å². The summed E-state index contributed by atoms with van der Waals surface area (Å²) in [5.74, 6) is 0.160. The zero-order chi connectivity index (χ0) is 15.5. The molecule has 0 atom stereocenters. The van der Waals surface area contributed by atoms with E-state index in [1.807, 2.05) is 0 Å². The Bertz CT molecular complexity index is 793. The Morgan fingerprint density at radius 2 is 1.76 bits per heavy atom. The number of H-pyrrole nitrogens is 1. The van der Waals surface area contributed by atoms with Crippen LogP contribution in [0.15, 0.2) is 46.1 Å². The number of benzene rings is 1. The number of nitrogens with two attached hydrogens (primary N) is 1. The molecule has 2 amide bonds. The van der Waals surface area contributed by atoms with Gasteiger partial charge in [0.15, 0.2) is 5.82 Å². The van der Waals surface area contributed by atoms with E-state index in [0.717, 1.165) is 0 Å². The summed E-state index contributed by atoms with van der Waals surface area (Å²) in [4.78, 5) is 22.4. The van der Waals surface area contributed by atoms with E-state index in [9.17, 15) is 18.0 Å². The highest BCUT2D eigenvalue weighted by atomic mass is 32.2. The molecule has 0 aliphatic rings. The molecule has 0 spiro atoms. The van der Waals surface area contributed by atoms with Crippen LogP contribution in [0.3, 0.4) is 0 Å². The van der Waals surface area contributed by atoms with Crippen LogP contribution in [0, 0.1) is 0 Å². The molecule has 0 radical (unpaired) electrons. The van der Waals surface area contributed by atoms with E-state index in [4.69, 9.17) is 5.14 Å². The van der Waals surface area contributed by atoms with Crippen molar-refractivity contribution < 1.29 is 13.2 Å². The number of carbonyl (C=O) groups is 1. The van der Waals surface area contributed by atoms with Gasteiger partial charge >= 0.3 is 6.03 Å². The lowest BCUT2D eigenvalue weighted by molar-refractivity contribution is 0.262. The van der Waals surface area contributed by atoms with Gasteiger partial charge in [-0.15, -0.1) is 0 Å². The molecule has 10 heteroatoms. The Kier molecular flexibility index (Phi) is 4.00. The summed E-state index contributed by atoms with van der Waals surface area (Å²) in [6.45, 7) is 0. The van der Waals surface area contributed by atoms with Gasteiger partial charge in [0.25, 0.3) is 5.56 Å². The number of hydrogen-bond donors (Lipinski definition) is 4. The molecule has 0 saturated heterocycles. The van der Waals surface area contributed by atoms with Gasteiger partial charge in [0.1, 0.15) is 0 Å². The topological polar surface area (TPSA) is 147 Å². The number of anilines is 2. The largest absolute Gasteiger partial charge is 0.324 e. The molecule has 9 nitrogen and oxygen atoms in total. The number of urea groups is 1. The quantitative estimate of drug-likeness (QED) is 0.633. The Morgan fingerprint density at radius 3 is 2.29 bits per heavy atom. The summed E-state index contributed by atoms with van der Waals surface area (Å²) in [5, 5.41) is 15.6. The van der Waals surface area contributed by atoms with Crippen LogP contribution in [0.4, 0.5) is 16.3 Å². The first-order valence-electron chi connectivity index (χ1n) is 5.61. The Balaban J connectivity index is 2.03. The van der Waals surface area contributed by atoms with Gasteiger partial charge in [0.2, 0.25) is 10.0 Å². The first kappa shape index (κ1) is 14.7. The fourth-order valence-corrected chi connectivity index (χ4v) is 1.94. The fourth-order valence-electron chi connectivity index (χ4n) is 1.42.